The van der Waals surface area contributed by atoms with Gasteiger partial charge in [-0.3, -0.25) is 0 Å². The van der Waals surface area contributed by atoms with Crippen molar-refractivity contribution in [3.63, 3.8) is 0 Å². The van der Waals surface area contributed by atoms with E-state index in [9.17, 15) is 0 Å². The molecule has 0 saturated heterocycles. The van der Waals surface area contributed by atoms with Crippen molar-refractivity contribution in [1.82, 2.24) is 4.98 Å². The Morgan fingerprint density at radius 3 is 2.50 bits per heavy atom. The van der Waals surface area contributed by atoms with Gasteiger partial charge in [-0.1, -0.05) is 12.1 Å². The number of anilines is 1. The van der Waals surface area contributed by atoms with Gasteiger partial charge in [0, 0.05) is 4.47 Å². The summed E-state index contributed by atoms with van der Waals surface area (Å²) in [5.41, 5.74) is 8.96. The minimum atomic E-state index is 0.524. The Bertz CT molecular complexity index is 737. The number of aromatic nitrogens is 1. The van der Waals surface area contributed by atoms with Gasteiger partial charge in [0.2, 0.25) is 5.89 Å². The molecule has 0 bridgehead atoms. The van der Waals surface area contributed by atoms with Crippen LogP contribution in [0.15, 0.2) is 49.8 Å². The van der Waals surface area contributed by atoms with Gasteiger partial charge in [-0.25, -0.2) is 4.98 Å². The van der Waals surface area contributed by atoms with Gasteiger partial charge in [0.15, 0.2) is 5.58 Å². The summed E-state index contributed by atoms with van der Waals surface area (Å²) >= 11 is 6.84. The predicted molar refractivity (Wildman–Crippen MR) is 79.3 cm³/mol. The highest BCUT2D eigenvalue weighted by Gasteiger charge is 2.13. The SMILES string of the molecule is Nc1c(Br)cccc1-c1nc2cccc(Br)c2o1. The van der Waals surface area contributed by atoms with Gasteiger partial charge >= 0.3 is 0 Å². The van der Waals surface area contributed by atoms with Crippen molar-refractivity contribution in [1.29, 1.82) is 0 Å². The van der Waals surface area contributed by atoms with Crippen LogP contribution in [-0.4, -0.2) is 4.98 Å². The molecule has 18 heavy (non-hydrogen) atoms. The van der Waals surface area contributed by atoms with E-state index in [0.717, 1.165) is 25.6 Å². The molecule has 0 spiro atoms. The third-order valence-corrected chi connectivity index (χ3v) is 3.97. The van der Waals surface area contributed by atoms with Gasteiger partial charge in [-0.05, 0) is 56.1 Å². The van der Waals surface area contributed by atoms with Crippen LogP contribution in [0.25, 0.3) is 22.6 Å². The molecule has 3 rings (SSSR count). The Hall–Kier alpha value is -1.33. The van der Waals surface area contributed by atoms with E-state index in [2.05, 4.69) is 36.8 Å². The molecule has 1 aromatic heterocycles. The fourth-order valence-electron chi connectivity index (χ4n) is 1.75. The molecule has 90 valence electrons. The maximum Gasteiger partial charge on any atom is 0.229 e. The third kappa shape index (κ3) is 1.83. The fraction of sp³-hybridized carbons (Fsp3) is 0. The second-order valence-electron chi connectivity index (χ2n) is 3.81. The van der Waals surface area contributed by atoms with Crippen molar-refractivity contribution in [3.05, 3.63) is 45.3 Å². The quantitative estimate of drug-likeness (QED) is 0.639. The molecule has 3 aromatic rings. The second-order valence-corrected chi connectivity index (χ2v) is 5.52. The van der Waals surface area contributed by atoms with Crippen LogP contribution in [0.5, 0.6) is 0 Å². The molecule has 5 heteroatoms. The first kappa shape index (κ1) is 11.7. The topological polar surface area (TPSA) is 52.0 Å². The summed E-state index contributed by atoms with van der Waals surface area (Å²) in [6.07, 6.45) is 0. The monoisotopic (exact) mass is 366 g/mol. The van der Waals surface area contributed by atoms with Crippen LogP contribution in [0, 0.1) is 0 Å². The standard InChI is InChI=1S/C13H8Br2N2O/c14-8-4-1-3-7(11(8)16)13-17-10-6-2-5-9(15)12(10)18-13/h1-6H,16H2. The first-order valence-electron chi connectivity index (χ1n) is 5.26. The summed E-state index contributed by atoms with van der Waals surface area (Å²) in [6, 6.07) is 11.4. The predicted octanol–water partition coefficient (Wildman–Crippen LogP) is 4.60. The largest absolute Gasteiger partial charge is 0.435 e. The molecule has 0 aliphatic carbocycles. The zero-order valence-corrected chi connectivity index (χ0v) is 12.3. The molecule has 0 aliphatic heterocycles. The summed E-state index contributed by atoms with van der Waals surface area (Å²) < 4.78 is 7.48. The molecule has 0 aliphatic rings. The Balaban J connectivity index is 2.26. The van der Waals surface area contributed by atoms with E-state index in [1.54, 1.807) is 0 Å². The van der Waals surface area contributed by atoms with Crippen LogP contribution >= 0.6 is 31.9 Å². The lowest BCUT2D eigenvalue weighted by atomic mass is 10.2. The highest BCUT2D eigenvalue weighted by Crippen LogP contribution is 2.34. The summed E-state index contributed by atoms with van der Waals surface area (Å²) in [6.45, 7) is 0. The lowest BCUT2D eigenvalue weighted by Crippen LogP contribution is -1.91. The van der Waals surface area contributed by atoms with Gasteiger partial charge in [-0.2, -0.15) is 0 Å². The zero-order valence-electron chi connectivity index (χ0n) is 9.15. The van der Waals surface area contributed by atoms with Gasteiger partial charge in [0.05, 0.1) is 15.7 Å². The second kappa shape index (κ2) is 4.40. The van der Waals surface area contributed by atoms with Crippen molar-refractivity contribution in [2.75, 3.05) is 5.73 Å². The Kier molecular flexibility index (Phi) is 2.87. The Morgan fingerprint density at radius 1 is 1.00 bits per heavy atom. The maximum atomic E-state index is 6.02. The smallest absolute Gasteiger partial charge is 0.229 e. The summed E-state index contributed by atoms with van der Waals surface area (Å²) in [5, 5.41) is 0. The van der Waals surface area contributed by atoms with E-state index in [0.29, 0.717) is 11.6 Å². The molecule has 1 heterocycles. The van der Waals surface area contributed by atoms with Crippen LogP contribution in [0.3, 0.4) is 0 Å². The number of para-hydroxylation sites is 2. The van der Waals surface area contributed by atoms with Crippen LogP contribution in [0.1, 0.15) is 0 Å². The lowest BCUT2D eigenvalue weighted by Gasteiger charge is -2.02. The van der Waals surface area contributed by atoms with E-state index >= 15 is 0 Å². The van der Waals surface area contributed by atoms with E-state index < -0.39 is 0 Å². The number of nitrogen functional groups attached to an aromatic ring is 1. The molecule has 3 nitrogen and oxygen atoms in total. The first-order valence-corrected chi connectivity index (χ1v) is 6.85. The molecule has 0 fully saturated rings. The average Bonchev–Trinajstić information content (AvgIpc) is 2.78. The number of hydrogen-bond acceptors (Lipinski definition) is 3. The number of oxazole rings is 1. The number of nitrogens with two attached hydrogens (primary N) is 1. The number of benzene rings is 2. The van der Waals surface area contributed by atoms with E-state index in [4.69, 9.17) is 10.2 Å². The van der Waals surface area contributed by atoms with E-state index in [1.807, 2.05) is 36.4 Å². The van der Waals surface area contributed by atoms with Crippen molar-refractivity contribution in [3.8, 4) is 11.5 Å². The van der Waals surface area contributed by atoms with Gasteiger partial charge < -0.3 is 10.2 Å². The highest BCUT2D eigenvalue weighted by molar-refractivity contribution is 9.11. The first-order chi connectivity index (χ1) is 8.66. The lowest BCUT2D eigenvalue weighted by molar-refractivity contribution is 0.618. The molecule has 0 atom stereocenters. The summed E-state index contributed by atoms with van der Waals surface area (Å²) in [7, 11) is 0. The minimum Gasteiger partial charge on any atom is -0.435 e. The Labute approximate surface area is 120 Å². The van der Waals surface area contributed by atoms with Crippen LogP contribution < -0.4 is 5.73 Å². The minimum absolute atomic E-state index is 0.524. The summed E-state index contributed by atoms with van der Waals surface area (Å²) in [5.74, 6) is 0.524. The molecular weight excluding hydrogens is 360 g/mol. The third-order valence-electron chi connectivity index (χ3n) is 2.65. The zero-order chi connectivity index (χ0) is 12.7. The van der Waals surface area contributed by atoms with Crippen LogP contribution in [0.4, 0.5) is 5.69 Å². The van der Waals surface area contributed by atoms with Crippen LogP contribution in [-0.2, 0) is 0 Å². The average molecular weight is 368 g/mol. The van der Waals surface area contributed by atoms with Crippen molar-refractivity contribution < 1.29 is 4.42 Å². The molecule has 0 unspecified atom stereocenters. The molecule has 0 amide bonds. The van der Waals surface area contributed by atoms with Crippen molar-refractivity contribution in [2.24, 2.45) is 0 Å². The van der Waals surface area contributed by atoms with E-state index in [-0.39, 0.29) is 0 Å². The normalized spacial score (nSPS) is 11.0. The van der Waals surface area contributed by atoms with Crippen molar-refractivity contribution in [2.45, 2.75) is 0 Å². The van der Waals surface area contributed by atoms with Crippen molar-refractivity contribution >= 4 is 48.6 Å². The van der Waals surface area contributed by atoms with Gasteiger partial charge in [0.25, 0.3) is 0 Å². The molecule has 0 saturated carbocycles. The number of rotatable bonds is 1. The number of fused-ring (bicyclic) bond motifs is 1. The maximum absolute atomic E-state index is 6.02. The number of nitrogens with zero attached hydrogens (tertiary/aromatic N) is 1. The molecular formula is C13H8Br2N2O. The fourth-order valence-corrected chi connectivity index (χ4v) is 2.56. The Morgan fingerprint density at radius 2 is 1.72 bits per heavy atom. The summed E-state index contributed by atoms with van der Waals surface area (Å²) in [4.78, 5) is 4.45. The highest BCUT2D eigenvalue weighted by atomic mass is 79.9. The molecule has 2 aromatic carbocycles. The van der Waals surface area contributed by atoms with Gasteiger partial charge in [0.1, 0.15) is 5.52 Å². The van der Waals surface area contributed by atoms with Crippen LogP contribution in [0.2, 0.25) is 0 Å². The number of hydrogen-bond donors (Lipinski definition) is 1. The van der Waals surface area contributed by atoms with E-state index in [1.165, 1.54) is 0 Å². The molecule has 2 N–H and O–H groups in total. The number of halogens is 2. The van der Waals surface area contributed by atoms with Gasteiger partial charge in [-0.15, -0.1) is 0 Å². The molecule has 0 radical (unpaired) electrons.